The number of anilines is 1. The van der Waals surface area contributed by atoms with E-state index in [0.29, 0.717) is 12.3 Å². The van der Waals surface area contributed by atoms with E-state index in [9.17, 15) is 9.18 Å². The van der Waals surface area contributed by atoms with Crippen molar-refractivity contribution in [3.63, 3.8) is 0 Å². The van der Waals surface area contributed by atoms with Crippen LogP contribution in [0, 0.1) is 18.7 Å². The minimum atomic E-state index is -0.377. The van der Waals surface area contributed by atoms with E-state index in [4.69, 9.17) is 0 Å². The Bertz CT molecular complexity index is 442. The maximum atomic E-state index is 13.5. The van der Waals surface area contributed by atoms with Crippen molar-refractivity contribution in [3.8, 4) is 0 Å². The third kappa shape index (κ3) is 4.31. The largest absolute Gasteiger partial charge is 0.324 e. The summed E-state index contributed by atoms with van der Waals surface area (Å²) in [4.78, 5) is 11.8. The number of piperidine rings is 1. The van der Waals surface area contributed by atoms with E-state index in [2.05, 4.69) is 10.6 Å². The zero-order valence-electron chi connectivity index (χ0n) is 11.3. The summed E-state index contributed by atoms with van der Waals surface area (Å²) in [6.45, 7) is 3.95. The van der Waals surface area contributed by atoms with Crippen LogP contribution < -0.4 is 10.6 Å². The number of nitrogens with one attached hydrogen (secondary N) is 2. The van der Waals surface area contributed by atoms with Crippen LogP contribution in [-0.2, 0) is 4.79 Å². The normalized spacial score (nSPS) is 19.2. The van der Waals surface area contributed by atoms with Crippen LogP contribution in [0.15, 0.2) is 18.2 Å². The summed E-state index contributed by atoms with van der Waals surface area (Å²) in [7, 11) is 0. The molecule has 0 aliphatic carbocycles. The zero-order valence-corrected chi connectivity index (χ0v) is 11.3. The Morgan fingerprint density at radius 3 is 3.11 bits per heavy atom. The summed E-state index contributed by atoms with van der Waals surface area (Å²) in [5.74, 6) is 0.0928. The fraction of sp³-hybridized carbons (Fsp3) is 0.533. The monoisotopic (exact) mass is 264 g/mol. The molecule has 1 saturated heterocycles. The van der Waals surface area contributed by atoms with Gasteiger partial charge in [0, 0.05) is 6.42 Å². The zero-order chi connectivity index (χ0) is 13.7. The molecule has 1 amide bonds. The maximum absolute atomic E-state index is 13.5. The van der Waals surface area contributed by atoms with Gasteiger partial charge in [-0.3, -0.25) is 4.79 Å². The summed E-state index contributed by atoms with van der Waals surface area (Å²) >= 11 is 0. The minimum Gasteiger partial charge on any atom is -0.324 e. The number of amides is 1. The number of aryl methyl sites for hydroxylation is 1. The van der Waals surface area contributed by atoms with E-state index in [1.807, 2.05) is 6.92 Å². The van der Waals surface area contributed by atoms with E-state index in [1.165, 1.54) is 18.9 Å². The highest BCUT2D eigenvalue weighted by Gasteiger charge is 2.15. The summed E-state index contributed by atoms with van der Waals surface area (Å²) in [6.07, 6.45) is 3.68. The molecule has 1 fully saturated rings. The van der Waals surface area contributed by atoms with Gasteiger partial charge in [0.05, 0.1) is 5.69 Å². The molecule has 0 saturated carbocycles. The molecule has 2 rings (SSSR count). The average Bonchev–Trinajstić information content (AvgIpc) is 2.42. The Morgan fingerprint density at radius 2 is 2.37 bits per heavy atom. The predicted octanol–water partition coefficient (Wildman–Crippen LogP) is 2.85. The minimum absolute atomic E-state index is 0.102. The number of hydrogen-bond donors (Lipinski definition) is 2. The standard InChI is InChI=1S/C15H21FN2O/c1-11-4-6-13(16)14(9-11)18-15(19)7-5-12-3-2-8-17-10-12/h4,6,9,12,17H,2-3,5,7-8,10H2,1H3,(H,18,19). The Labute approximate surface area is 113 Å². The van der Waals surface area contributed by atoms with Crippen LogP contribution >= 0.6 is 0 Å². The number of benzene rings is 1. The Hall–Kier alpha value is -1.42. The van der Waals surface area contributed by atoms with Crippen molar-refractivity contribution in [1.82, 2.24) is 5.32 Å². The van der Waals surface area contributed by atoms with Gasteiger partial charge in [0.1, 0.15) is 5.82 Å². The molecule has 104 valence electrons. The van der Waals surface area contributed by atoms with Crippen LogP contribution in [0.2, 0.25) is 0 Å². The molecule has 0 spiro atoms. The second-order valence-electron chi connectivity index (χ2n) is 5.28. The first-order valence-corrected chi connectivity index (χ1v) is 6.92. The average molecular weight is 264 g/mol. The molecule has 1 aromatic rings. The molecule has 19 heavy (non-hydrogen) atoms. The van der Waals surface area contributed by atoms with Gasteiger partial charge in [-0.1, -0.05) is 6.07 Å². The number of rotatable bonds is 4. The lowest BCUT2D eigenvalue weighted by Crippen LogP contribution is -2.30. The molecule has 0 radical (unpaired) electrons. The molecule has 0 aromatic heterocycles. The molecule has 3 nitrogen and oxygen atoms in total. The van der Waals surface area contributed by atoms with E-state index in [1.54, 1.807) is 12.1 Å². The third-order valence-electron chi connectivity index (χ3n) is 3.57. The molecule has 1 atom stereocenters. The predicted molar refractivity (Wildman–Crippen MR) is 74.6 cm³/mol. The Kier molecular flexibility index (Phi) is 4.91. The number of hydrogen-bond acceptors (Lipinski definition) is 2. The van der Waals surface area contributed by atoms with Crippen molar-refractivity contribution in [2.75, 3.05) is 18.4 Å². The molecular weight excluding hydrogens is 243 g/mol. The summed E-state index contributed by atoms with van der Waals surface area (Å²) in [5, 5.41) is 5.99. The number of halogens is 1. The first kappa shape index (κ1) is 14.0. The quantitative estimate of drug-likeness (QED) is 0.878. The van der Waals surface area contributed by atoms with E-state index in [-0.39, 0.29) is 17.4 Å². The van der Waals surface area contributed by atoms with Gasteiger partial charge >= 0.3 is 0 Å². The van der Waals surface area contributed by atoms with Crippen molar-refractivity contribution < 1.29 is 9.18 Å². The van der Waals surface area contributed by atoms with Crippen LogP contribution in [0.25, 0.3) is 0 Å². The van der Waals surface area contributed by atoms with E-state index < -0.39 is 0 Å². The Balaban J connectivity index is 1.81. The maximum Gasteiger partial charge on any atom is 0.224 e. The van der Waals surface area contributed by atoms with Crippen LogP contribution in [0.4, 0.5) is 10.1 Å². The molecule has 1 unspecified atom stereocenters. The first-order chi connectivity index (χ1) is 9.15. The summed E-state index contributed by atoms with van der Waals surface area (Å²) in [6, 6.07) is 4.74. The lowest BCUT2D eigenvalue weighted by molar-refractivity contribution is -0.116. The highest BCUT2D eigenvalue weighted by Crippen LogP contribution is 2.18. The molecule has 1 aliphatic rings. The van der Waals surface area contributed by atoms with Gasteiger partial charge < -0.3 is 10.6 Å². The van der Waals surface area contributed by atoms with Crippen molar-refractivity contribution in [2.24, 2.45) is 5.92 Å². The fourth-order valence-corrected chi connectivity index (χ4v) is 2.45. The van der Waals surface area contributed by atoms with Crippen molar-refractivity contribution >= 4 is 11.6 Å². The highest BCUT2D eigenvalue weighted by molar-refractivity contribution is 5.90. The van der Waals surface area contributed by atoms with Gasteiger partial charge in [-0.2, -0.15) is 0 Å². The lowest BCUT2D eigenvalue weighted by atomic mass is 9.94. The number of carbonyl (C=O) groups is 1. The molecule has 1 heterocycles. The first-order valence-electron chi connectivity index (χ1n) is 6.92. The molecule has 2 N–H and O–H groups in total. The highest BCUT2D eigenvalue weighted by atomic mass is 19.1. The second kappa shape index (κ2) is 6.66. The number of carbonyl (C=O) groups excluding carboxylic acids is 1. The van der Waals surface area contributed by atoms with Gasteiger partial charge in [0.2, 0.25) is 5.91 Å². The molecular formula is C15H21FN2O. The molecule has 0 bridgehead atoms. The van der Waals surface area contributed by atoms with E-state index >= 15 is 0 Å². The van der Waals surface area contributed by atoms with Crippen LogP contribution in [0.3, 0.4) is 0 Å². The van der Waals surface area contributed by atoms with Crippen molar-refractivity contribution in [2.45, 2.75) is 32.6 Å². The van der Waals surface area contributed by atoms with E-state index in [0.717, 1.165) is 25.1 Å². The topological polar surface area (TPSA) is 41.1 Å². The van der Waals surface area contributed by atoms with Gasteiger partial charge in [0.25, 0.3) is 0 Å². The van der Waals surface area contributed by atoms with Gasteiger partial charge in [-0.25, -0.2) is 4.39 Å². The van der Waals surface area contributed by atoms with Gasteiger partial charge in [-0.05, 0) is 62.9 Å². The van der Waals surface area contributed by atoms with Crippen molar-refractivity contribution in [1.29, 1.82) is 0 Å². The molecule has 4 heteroatoms. The smallest absolute Gasteiger partial charge is 0.224 e. The SMILES string of the molecule is Cc1ccc(F)c(NC(=O)CCC2CCCNC2)c1. The Morgan fingerprint density at radius 1 is 1.53 bits per heavy atom. The van der Waals surface area contributed by atoms with Crippen LogP contribution in [-0.4, -0.2) is 19.0 Å². The molecule has 1 aliphatic heterocycles. The van der Waals surface area contributed by atoms with Gasteiger partial charge in [0.15, 0.2) is 0 Å². The van der Waals surface area contributed by atoms with Crippen molar-refractivity contribution in [3.05, 3.63) is 29.6 Å². The third-order valence-corrected chi connectivity index (χ3v) is 3.57. The lowest BCUT2D eigenvalue weighted by Gasteiger charge is -2.22. The molecule has 1 aromatic carbocycles. The van der Waals surface area contributed by atoms with Crippen LogP contribution in [0.1, 0.15) is 31.2 Å². The van der Waals surface area contributed by atoms with Gasteiger partial charge in [-0.15, -0.1) is 0 Å². The summed E-state index contributed by atoms with van der Waals surface area (Å²) in [5.41, 5.74) is 1.22. The van der Waals surface area contributed by atoms with Crippen LogP contribution in [0.5, 0.6) is 0 Å². The fourth-order valence-electron chi connectivity index (χ4n) is 2.45. The second-order valence-corrected chi connectivity index (χ2v) is 5.28. The summed E-state index contributed by atoms with van der Waals surface area (Å²) < 4.78 is 13.5.